The monoisotopic (exact) mass is 987 g/mol. The average molecular weight is 988 g/mol. The van der Waals surface area contributed by atoms with Crippen LogP contribution in [-0.2, 0) is 38.1 Å². The highest BCUT2D eigenvalue weighted by molar-refractivity contribution is 5.77. The smallest absolute Gasteiger partial charge is 0.312 e. The van der Waals surface area contributed by atoms with Gasteiger partial charge in [0, 0.05) is 0 Å². The maximum absolute atomic E-state index is 12.4. The second kappa shape index (κ2) is 20.4. The predicted molar refractivity (Wildman–Crippen MR) is 279 cm³/mol. The lowest BCUT2D eigenvalue weighted by atomic mass is 9.54. The Morgan fingerprint density at radius 1 is 0.380 bits per heavy atom. The van der Waals surface area contributed by atoms with Crippen molar-refractivity contribution in [1.29, 1.82) is 0 Å². The largest absolute Gasteiger partial charge is 0.462 e. The number of carbonyl (C=O) groups is 4. The van der Waals surface area contributed by atoms with Crippen LogP contribution in [0.3, 0.4) is 0 Å². The summed E-state index contributed by atoms with van der Waals surface area (Å²) in [5, 5.41) is 0. The number of rotatable bonds is 12. The van der Waals surface area contributed by atoms with Gasteiger partial charge in [-0.1, -0.05) is 34.1 Å². The first-order valence-corrected chi connectivity index (χ1v) is 30.4. The van der Waals surface area contributed by atoms with E-state index >= 15 is 0 Å². The van der Waals surface area contributed by atoms with Crippen molar-refractivity contribution in [3.05, 3.63) is 0 Å². The minimum atomic E-state index is -0.316. The lowest BCUT2D eigenvalue weighted by Gasteiger charge is -2.56. The molecule has 15 atom stereocenters. The van der Waals surface area contributed by atoms with E-state index in [9.17, 15) is 19.2 Å². The zero-order valence-electron chi connectivity index (χ0n) is 47.1. The van der Waals surface area contributed by atoms with Crippen molar-refractivity contribution in [1.82, 2.24) is 0 Å². The van der Waals surface area contributed by atoms with E-state index in [1.54, 1.807) is 0 Å². The minimum absolute atomic E-state index is 0.00236. The number of fused-ring (bicyclic) bond motifs is 16. The molecular formula is C63H102O8. The van der Waals surface area contributed by atoms with Gasteiger partial charge in [-0.05, 0) is 292 Å². The van der Waals surface area contributed by atoms with Crippen LogP contribution < -0.4 is 0 Å². The van der Waals surface area contributed by atoms with E-state index in [-0.39, 0.29) is 69.5 Å². The maximum Gasteiger partial charge on any atom is 0.312 e. The number of carbonyl (C=O) groups excluding carboxylic acids is 4. The van der Waals surface area contributed by atoms with Gasteiger partial charge in [0.15, 0.2) is 0 Å². The van der Waals surface area contributed by atoms with Crippen molar-refractivity contribution in [3.63, 3.8) is 0 Å². The fourth-order valence-electron chi connectivity index (χ4n) is 18.1. The zero-order chi connectivity index (χ0) is 51.0. The molecule has 0 amide bonds. The third-order valence-corrected chi connectivity index (χ3v) is 23.5. The number of hydrogen-bond acceptors (Lipinski definition) is 8. The van der Waals surface area contributed by atoms with Crippen LogP contribution in [0.1, 0.15) is 237 Å². The molecule has 13 aliphatic rings. The van der Waals surface area contributed by atoms with E-state index < -0.39 is 0 Å². The van der Waals surface area contributed by atoms with E-state index in [0.717, 1.165) is 129 Å². The molecule has 0 heterocycles. The number of ether oxygens (including phenoxy) is 4. The molecule has 0 aromatic rings. The Labute approximate surface area is 431 Å². The van der Waals surface area contributed by atoms with Crippen LogP contribution in [0.2, 0.25) is 0 Å². The minimum Gasteiger partial charge on any atom is -0.462 e. The molecule has 13 fully saturated rings. The van der Waals surface area contributed by atoms with Gasteiger partial charge in [0.2, 0.25) is 0 Å². The molecule has 0 spiro atoms. The predicted octanol–water partition coefficient (Wildman–Crippen LogP) is 14.9. The molecule has 71 heavy (non-hydrogen) atoms. The summed E-state index contributed by atoms with van der Waals surface area (Å²) in [6, 6.07) is 0. The molecule has 13 aliphatic carbocycles. The average Bonchev–Trinajstić information content (AvgIpc) is 4.18. The van der Waals surface area contributed by atoms with Gasteiger partial charge in [-0.15, -0.1) is 0 Å². The van der Waals surface area contributed by atoms with Gasteiger partial charge < -0.3 is 18.9 Å². The maximum atomic E-state index is 12.4. The highest BCUT2D eigenvalue weighted by Crippen LogP contribution is 2.68. The molecule has 13 saturated carbocycles. The van der Waals surface area contributed by atoms with Gasteiger partial charge in [0.25, 0.3) is 0 Å². The molecule has 0 radical (unpaired) electrons. The molecule has 8 nitrogen and oxygen atoms in total. The van der Waals surface area contributed by atoms with E-state index in [0.29, 0.717) is 17.8 Å². The molecular weight excluding hydrogens is 885 g/mol. The summed E-state index contributed by atoms with van der Waals surface area (Å²) in [5.74, 6) is 13.1. The van der Waals surface area contributed by atoms with E-state index in [1.807, 2.05) is 62.3 Å². The number of hydrogen-bond donors (Lipinski definition) is 0. The Kier molecular flexibility index (Phi) is 15.5. The molecule has 8 heteroatoms. The summed E-state index contributed by atoms with van der Waals surface area (Å²) in [4.78, 5) is 48.8. The zero-order valence-corrected chi connectivity index (χ0v) is 47.1. The Balaban J connectivity index is 0.000000118. The summed E-state index contributed by atoms with van der Waals surface area (Å²) in [6.07, 6.45) is 30.5. The normalized spacial score (nSPS) is 42.3. The molecule has 0 N–H and O–H groups in total. The third-order valence-electron chi connectivity index (χ3n) is 23.5. The first-order chi connectivity index (χ1) is 33.5. The highest BCUT2D eigenvalue weighted by Gasteiger charge is 2.63. The molecule has 13 rings (SSSR count). The Morgan fingerprint density at radius 2 is 0.831 bits per heavy atom. The molecule has 0 aromatic carbocycles. The summed E-state index contributed by atoms with van der Waals surface area (Å²) in [7, 11) is 0. The van der Waals surface area contributed by atoms with Crippen molar-refractivity contribution < 1.29 is 38.1 Å². The second-order valence-corrected chi connectivity index (χ2v) is 29.5. The molecule has 402 valence electrons. The van der Waals surface area contributed by atoms with E-state index in [2.05, 4.69) is 20.8 Å². The van der Waals surface area contributed by atoms with Gasteiger partial charge in [0.1, 0.15) is 23.9 Å². The topological polar surface area (TPSA) is 105 Å². The highest BCUT2D eigenvalue weighted by atomic mass is 16.6. The Bertz CT molecular complexity index is 1890. The standard InChI is InChI=1S/C18H28O2.2C16H26O2.C13H22O2/c1-4-18(2,3)17(19)20-14-9-12-8-13(14)16-11-6-5-10(7-11)15(12)16;1-4-15(2,3)14(17)18-16-8-11-5-12(9-16)7-13(6-11)10-16;1-4-16(2,3)15(17)18-14-9-10-8-13(14)12-7-5-6-11(10)12;1-4-13(2,3)12(14)15-11-8-9-5-6-10(11)7-9/h10-16H,4-9H2,1-3H3;11-13H,4-10H2,1-3H3;10-14H,4-9H2,1-3H3;9-11H,4-8H2,1-3H3. The van der Waals surface area contributed by atoms with Gasteiger partial charge in [-0.2, -0.15) is 0 Å². The molecule has 0 aromatic heterocycles. The summed E-state index contributed by atoms with van der Waals surface area (Å²) < 4.78 is 23.6. The van der Waals surface area contributed by atoms with Crippen LogP contribution in [0.15, 0.2) is 0 Å². The van der Waals surface area contributed by atoms with Crippen LogP contribution in [0.5, 0.6) is 0 Å². The van der Waals surface area contributed by atoms with E-state index in [4.69, 9.17) is 18.9 Å². The summed E-state index contributed by atoms with van der Waals surface area (Å²) >= 11 is 0. The Hall–Kier alpha value is -2.12. The molecule has 15 unspecified atom stereocenters. The lowest BCUT2D eigenvalue weighted by molar-refractivity contribution is -0.196. The first kappa shape index (κ1) is 53.7. The molecule has 12 bridgehead atoms. The van der Waals surface area contributed by atoms with Crippen molar-refractivity contribution >= 4 is 23.9 Å². The summed E-state index contributed by atoms with van der Waals surface area (Å²) in [5.41, 5.74) is -1.31. The van der Waals surface area contributed by atoms with Crippen molar-refractivity contribution in [2.75, 3.05) is 0 Å². The van der Waals surface area contributed by atoms with Crippen LogP contribution in [-0.4, -0.2) is 47.8 Å². The van der Waals surface area contributed by atoms with Gasteiger partial charge in [-0.3, -0.25) is 19.2 Å². The van der Waals surface area contributed by atoms with Crippen molar-refractivity contribution in [3.8, 4) is 0 Å². The first-order valence-electron chi connectivity index (χ1n) is 30.4. The van der Waals surface area contributed by atoms with Crippen LogP contribution >= 0.6 is 0 Å². The lowest BCUT2D eigenvalue weighted by Crippen LogP contribution is -2.53. The SMILES string of the molecule is CCC(C)(C)C(=O)OC12CC3CC(CC(C3)C1)C2.CCC(C)(C)C(=O)OC1CC2CC1C1C3CCC(C3)C21.CCC(C)(C)C(=O)OC1CC2CC1C1CCCC21.CCC(C)(C)C(=O)OC1CC2CCC1C2. The third kappa shape index (κ3) is 10.7. The van der Waals surface area contributed by atoms with Gasteiger partial charge >= 0.3 is 23.9 Å². The molecule has 0 saturated heterocycles. The van der Waals surface area contributed by atoms with Crippen LogP contribution in [0.25, 0.3) is 0 Å². The number of esters is 4. The quantitative estimate of drug-likeness (QED) is 0.108. The van der Waals surface area contributed by atoms with Crippen LogP contribution in [0, 0.1) is 110 Å². The fourth-order valence-corrected chi connectivity index (χ4v) is 18.1. The van der Waals surface area contributed by atoms with Gasteiger partial charge in [0.05, 0.1) is 21.7 Å². The van der Waals surface area contributed by atoms with Crippen molar-refractivity contribution in [2.24, 2.45) is 110 Å². The van der Waals surface area contributed by atoms with Gasteiger partial charge in [-0.25, -0.2) is 0 Å². The van der Waals surface area contributed by atoms with Crippen LogP contribution in [0.4, 0.5) is 0 Å². The fraction of sp³-hybridized carbons (Fsp3) is 0.937. The van der Waals surface area contributed by atoms with E-state index in [1.165, 1.54) is 96.3 Å². The Morgan fingerprint density at radius 3 is 1.34 bits per heavy atom. The van der Waals surface area contributed by atoms with Crippen molar-refractivity contribution in [2.45, 2.75) is 261 Å². The second-order valence-electron chi connectivity index (χ2n) is 29.5. The summed E-state index contributed by atoms with van der Waals surface area (Å²) in [6.45, 7) is 24.3. The molecule has 0 aliphatic heterocycles.